The van der Waals surface area contributed by atoms with Gasteiger partial charge in [0.1, 0.15) is 0 Å². The highest BCUT2D eigenvalue weighted by Crippen LogP contribution is 2.31. The standard InChI is InChI=1S/C12H18BrN3O2/c1-8(2)12(3,7-14)15-11-5-4-9(16(17)18)6-10(11)13/h4-6,8,15H,7,14H2,1-3H3. The summed E-state index contributed by atoms with van der Waals surface area (Å²) in [6, 6.07) is 4.66. The highest BCUT2D eigenvalue weighted by molar-refractivity contribution is 9.10. The lowest BCUT2D eigenvalue weighted by atomic mass is 9.88. The lowest BCUT2D eigenvalue weighted by Gasteiger charge is -2.35. The van der Waals surface area contributed by atoms with Crippen LogP contribution in [0.1, 0.15) is 20.8 Å². The summed E-state index contributed by atoms with van der Waals surface area (Å²) < 4.78 is 0.664. The maximum atomic E-state index is 10.7. The number of rotatable bonds is 5. The van der Waals surface area contributed by atoms with E-state index in [0.717, 1.165) is 5.69 Å². The second-order valence-electron chi connectivity index (χ2n) is 4.82. The topological polar surface area (TPSA) is 81.2 Å². The van der Waals surface area contributed by atoms with Crippen LogP contribution < -0.4 is 11.1 Å². The Labute approximate surface area is 115 Å². The quantitative estimate of drug-likeness (QED) is 0.646. The Kier molecular flexibility index (Phi) is 4.70. The Balaban J connectivity index is 3.02. The van der Waals surface area contributed by atoms with Crippen molar-refractivity contribution in [2.24, 2.45) is 11.7 Å². The number of nitro benzene ring substituents is 1. The van der Waals surface area contributed by atoms with Crippen LogP contribution in [0.3, 0.4) is 0 Å². The van der Waals surface area contributed by atoms with E-state index in [4.69, 9.17) is 5.73 Å². The molecule has 5 nitrogen and oxygen atoms in total. The van der Waals surface area contributed by atoms with Crippen molar-refractivity contribution in [3.63, 3.8) is 0 Å². The molecular weight excluding hydrogens is 298 g/mol. The first-order valence-electron chi connectivity index (χ1n) is 5.72. The number of nitrogens with zero attached hydrogens (tertiary/aromatic N) is 1. The largest absolute Gasteiger partial charge is 0.377 e. The second kappa shape index (κ2) is 5.67. The number of nitrogens with two attached hydrogens (primary N) is 1. The molecule has 0 amide bonds. The summed E-state index contributed by atoms with van der Waals surface area (Å²) in [5.74, 6) is 0.338. The number of nitro groups is 1. The molecular formula is C12H18BrN3O2. The molecule has 0 aliphatic carbocycles. The number of benzene rings is 1. The summed E-state index contributed by atoms with van der Waals surface area (Å²) in [4.78, 5) is 10.2. The summed E-state index contributed by atoms with van der Waals surface area (Å²) in [5.41, 5.74) is 6.42. The summed E-state index contributed by atoms with van der Waals surface area (Å²) >= 11 is 3.34. The van der Waals surface area contributed by atoms with Crippen LogP contribution in [-0.4, -0.2) is 17.0 Å². The van der Waals surface area contributed by atoms with Gasteiger partial charge in [-0.3, -0.25) is 10.1 Å². The van der Waals surface area contributed by atoms with E-state index >= 15 is 0 Å². The molecule has 1 atom stereocenters. The van der Waals surface area contributed by atoms with Crippen molar-refractivity contribution in [3.05, 3.63) is 32.8 Å². The zero-order chi connectivity index (χ0) is 13.9. The molecule has 0 bridgehead atoms. The number of hydrogen-bond acceptors (Lipinski definition) is 4. The van der Waals surface area contributed by atoms with Gasteiger partial charge in [-0.2, -0.15) is 0 Å². The molecule has 1 aromatic carbocycles. The lowest BCUT2D eigenvalue weighted by Crippen LogP contribution is -2.47. The SMILES string of the molecule is CC(C)C(C)(CN)Nc1ccc([N+](=O)[O-])cc1Br. The molecule has 0 heterocycles. The van der Waals surface area contributed by atoms with Gasteiger partial charge in [-0.1, -0.05) is 13.8 Å². The van der Waals surface area contributed by atoms with Crippen molar-refractivity contribution < 1.29 is 4.92 Å². The van der Waals surface area contributed by atoms with E-state index in [2.05, 4.69) is 35.1 Å². The van der Waals surface area contributed by atoms with Gasteiger partial charge in [-0.25, -0.2) is 0 Å². The number of hydrogen-bond donors (Lipinski definition) is 2. The van der Waals surface area contributed by atoms with Crippen LogP contribution in [0.5, 0.6) is 0 Å². The predicted molar refractivity (Wildman–Crippen MR) is 76.7 cm³/mol. The van der Waals surface area contributed by atoms with Crippen molar-refractivity contribution in [2.75, 3.05) is 11.9 Å². The van der Waals surface area contributed by atoms with Gasteiger partial charge < -0.3 is 11.1 Å². The Hall–Kier alpha value is -1.14. The van der Waals surface area contributed by atoms with E-state index in [-0.39, 0.29) is 11.2 Å². The molecule has 18 heavy (non-hydrogen) atoms. The number of non-ortho nitro benzene ring substituents is 1. The minimum absolute atomic E-state index is 0.0615. The van der Waals surface area contributed by atoms with Gasteiger partial charge in [0.2, 0.25) is 0 Å². The van der Waals surface area contributed by atoms with E-state index in [1.807, 2.05) is 6.92 Å². The van der Waals surface area contributed by atoms with E-state index in [1.54, 1.807) is 6.07 Å². The Morgan fingerprint density at radius 2 is 2.17 bits per heavy atom. The Bertz CT molecular complexity index is 451. The van der Waals surface area contributed by atoms with Gasteiger partial charge >= 0.3 is 0 Å². The maximum absolute atomic E-state index is 10.7. The van der Waals surface area contributed by atoms with Gasteiger partial charge in [0.25, 0.3) is 5.69 Å². The van der Waals surface area contributed by atoms with E-state index in [1.165, 1.54) is 12.1 Å². The third-order valence-corrected chi connectivity index (χ3v) is 3.94. The molecule has 0 spiro atoms. The Morgan fingerprint density at radius 1 is 1.56 bits per heavy atom. The molecule has 1 aromatic rings. The average molecular weight is 316 g/mol. The van der Waals surface area contributed by atoms with Crippen LogP contribution in [0.4, 0.5) is 11.4 Å². The van der Waals surface area contributed by atoms with Crippen LogP contribution >= 0.6 is 15.9 Å². The second-order valence-corrected chi connectivity index (χ2v) is 5.68. The van der Waals surface area contributed by atoms with Crippen molar-refractivity contribution >= 4 is 27.3 Å². The minimum Gasteiger partial charge on any atom is -0.377 e. The smallest absolute Gasteiger partial charge is 0.270 e. The number of nitrogens with one attached hydrogen (secondary N) is 1. The van der Waals surface area contributed by atoms with Crippen LogP contribution in [-0.2, 0) is 0 Å². The van der Waals surface area contributed by atoms with Gasteiger partial charge in [0.05, 0.1) is 4.92 Å². The molecule has 0 fully saturated rings. The van der Waals surface area contributed by atoms with Crippen LogP contribution in [0.2, 0.25) is 0 Å². The highest BCUT2D eigenvalue weighted by atomic mass is 79.9. The fraction of sp³-hybridized carbons (Fsp3) is 0.500. The molecule has 1 unspecified atom stereocenters. The number of halogens is 1. The average Bonchev–Trinajstić information content (AvgIpc) is 2.31. The summed E-state index contributed by atoms with van der Waals surface area (Å²) in [6.45, 7) is 6.68. The molecule has 0 saturated heterocycles. The lowest BCUT2D eigenvalue weighted by molar-refractivity contribution is -0.384. The van der Waals surface area contributed by atoms with E-state index in [9.17, 15) is 10.1 Å². The first-order chi connectivity index (χ1) is 8.30. The van der Waals surface area contributed by atoms with Crippen LogP contribution in [0, 0.1) is 16.0 Å². The molecule has 0 aliphatic heterocycles. The summed E-state index contributed by atoms with van der Waals surface area (Å²) in [7, 11) is 0. The van der Waals surface area contributed by atoms with Crippen molar-refractivity contribution in [2.45, 2.75) is 26.3 Å². The molecule has 100 valence electrons. The summed E-state index contributed by atoms with van der Waals surface area (Å²) in [6.07, 6.45) is 0. The first-order valence-corrected chi connectivity index (χ1v) is 6.51. The minimum atomic E-state index is -0.418. The summed E-state index contributed by atoms with van der Waals surface area (Å²) in [5, 5.41) is 14.0. The van der Waals surface area contributed by atoms with Crippen molar-refractivity contribution in [1.29, 1.82) is 0 Å². The molecule has 6 heteroatoms. The van der Waals surface area contributed by atoms with E-state index in [0.29, 0.717) is 16.9 Å². The van der Waals surface area contributed by atoms with Crippen molar-refractivity contribution in [3.8, 4) is 0 Å². The van der Waals surface area contributed by atoms with E-state index < -0.39 is 4.92 Å². The third kappa shape index (κ3) is 3.20. The highest BCUT2D eigenvalue weighted by Gasteiger charge is 2.27. The van der Waals surface area contributed by atoms with Gasteiger partial charge in [-0.15, -0.1) is 0 Å². The van der Waals surface area contributed by atoms with Crippen molar-refractivity contribution in [1.82, 2.24) is 0 Å². The zero-order valence-electron chi connectivity index (χ0n) is 10.7. The molecule has 0 aromatic heterocycles. The fourth-order valence-corrected chi connectivity index (χ4v) is 1.92. The zero-order valence-corrected chi connectivity index (χ0v) is 12.3. The van der Waals surface area contributed by atoms with Crippen LogP contribution in [0.15, 0.2) is 22.7 Å². The van der Waals surface area contributed by atoms with Gasteiger partial charge in [-0.05, 0) is 34.8 Å². The van der Waals surface area contributed by atoms with Gasteiger partial charge in [0.15, 0.2) is 0 Å². The molecule has 1 rings (SSSR count). The maximum Gasteiger partial charge on any atom is 0.270 e. The van der Waals surface area contributed by atoms with Crippen LogP contribution in [0.25, 0.3) is 0 Å². The van der Waals surface area contributed by atoms with Gasteiger partial charge in [0, 0.05) is 34.4 Å². The normalized spacial score (nSPS) is 14.3. The molecule has 0 radical (unpaired) electrons. The monoisotopic (exact) mass is 315 g/mol. The fourth-order valence-electron chi connectivity index (χ4n) is 1.46. The Morgan fingerprint density at radius 3 is 2.56 bits per heavy atom. The molecule has 0 saturated carbocycles. The molecule has 0 aliphatic rings. The molecule has 3 N–H and O–H groups in total. The first kappa shape index (κ1) is 14.9. The number of anilines is 1. The third-order valence-electron chi connectivity index (χ3n) is 3.28. The predicted octanol–water partition coefficient (Wildman–Crippen LogP) is 3.14.